The van der Waals surface area contributed by atoms with Crippen molar-refractivity contribution in [1.82, 2.24) is 0 Å². The zero-order valence-electron chi connectivity index (χ0n) is 17.0. The molecule has 2 atom stereocenters. The highest BCUT2D eigenvalue weighted by molar-refractivity contribution is 6.30. The van der Waals surface area contributed by atoms with Crippen molar-refractivity contribution >= 4 is 23.0 Å². The maximum atomic E-state index is 13.7. The Bertz CT molecular complexity index is 984. The molecule has 146 valence electrons. The minimum absolute atomic E-state index is 0.0362. The van der Waals surface area contributed by atoms with Gasteiger partial charge >= 0.3 is 0 Å². The number of fused-ring (bicyclic) bond motifs is 2. The van der Waals surface area contributed by atoms with Gasteiger partial charge < -0.3 is 5.11 Å². The number of Topliss-reactive ketones (excluding diaryl/α,β-unsaturated/α-hetero) is 1. The van der Waals surface area contributed by atoms with Crippen LogP contribution in [-0.4, -0.2) is 10.9 Å². The number of benzene rings is 2. The predicted octanol–water partition coefficient (Wildman–Crippen LogP) is 6.86. The van der Waals surface area contributed by atoms with E-state index in [9.17, 15) is 9.90 Å². The van der Waals surface area contributed by atoms with Crippen molar-refractivity contribution in [1.29, 1.82) is 0 Å². The van der Waals surface area contributed by atoms with Gasteiger partial charge in [0, 0.05) is 16.4 Å². The summed E-state index contributed by atoms with van der Waals surface area (Å²) in [6.45, 7) is 8.42. The Balaban J connectivity index is 1.91. The summed E-state index contributed by atoms with van der Waals surface area (Å²) >= 11 is 6.03. The molecule has 2 aromatic carbocycles. The zero-order valence-corrected chi connectivity index (χ0v) is 17.7. The summed E-state index contributed by atoms with van der Waals surface area (Å²) in [5, 5.41) is 11.9. The minimum atomic E-state index is -0.430. The van der Waals surface area contributed by atoms with Crippen molar-refractivity contribution in [2.45, 2.75) is 47.0 Å². The number of aryl methyl sites for hydroxylation is 1. The molecule has 1 saturated carbocycles. The van der Waals surface area contributed by atoms with Gasteiger partial charge in [0.2, 0.25) is 0 Å². The maximum Gasteiger partial charge on any atom is 0.173 e. The lowest BCUT2D eigenvalue weighted by molar-refractivity contribution is -0.128. The Labute approximate surface area is 172 Å². The molecule has 2 aliphatic carbocycles. The van der Waals surface area contributed by atoms with Crippen molar-refractivity contribution in [3.05, 3.63) is 64.4 Å². The molecule has 2 nitrogen and oxygen atoms in total. The van der Waals surface area contributed by atoms with Crippen molar-refractivity contribution < 1.29 is 9.90 Å². The van der Waals surface area contributed by atoms with Gasteiger partial charge in [-0.05, 0) is 65.1 Å². The normalized spacial score (nSPS) is 26.0. The van der Waals surface area contributed by atoms with Crippen LogP contribution >= 0.6 is 11.6 Å². The zero-order chi connectivity index (χ0) is 20.3. The van der Waals surface area contributed by atoms with Crippen molar-refractivity contribution in [3.8, 4) is 11.1 Å². The van der Waals surface area contributed by atoms with E-state index >= 15 is 0 Å². The molecule has 2 unspecified atom stereocenters. The van der Waals surface area contributed by atoms with Gasteiger partial charge in [0.15, 0.2) is 5.78 Å². The Hall–Kier alpha value is -2.06. The fourth-order valence-corrected chi connectivity index (χ4v) is 5.28. The highest BCUT2D eigenvalue weighted by atomic mass is 35.5. The van der Waals surface area contributed by atoms with E-state index in [2.05, 4.69) is 45.9 Å². The number of halogens is 1. The smallest absolute Gasteiger partial charge is 0.173 e. The first-order valence-electron chi connectivity index (χ1n) is 10.1. The van der Waals surface area contributed by atoms with Crippen LogP contribution in [0.15, 0.2) is 48.2 Å². The molecular formula is C25H27ClO2. The van der Waals surface area contributed by atoms with Crippen molar-refractivity contribution in [2.75, 3.05) is 0 Å². The quantitative estimate of drug-likeness (QED) is 0.617. The van der Waals surface area contributed by atoms with Gasteiger partial charge in [-0.15, -0.1) is 0 Å². The maximum absolute atomic E-state index is 13.7. The summed E-state index contributed by atoms with van der Waals surface area (Å²) in [6, 6.07) is 13.9. The number of aliphatic hydroxyl groups is 1. The van der Waals surface area contributed by atoms with Crippen molar-refractivity contribution in [3.63, 3.8) is 0 Å². The molecule has 3 heteroatoms. The molecule has 2 aromatic rings. The molecule has 2 bridgehead atoms. The third-order valence-corrected chi connectivity index (χ3v) is 7.73. The molecule has 0 saturated heterocycles. The van der Waals surface area contributed by atoms with Crippen LogP contribution in [0.4, 0.5) is 0 Å². The van der Waals surface area contributed by atoms with E-state index < -0.39 is 5.41 Å². The van der Waals surface area contributed by atoms with Crippen LogP contribution in [0.3, 0.4) is 0 Å². The number of carbonyl (C=O) groups is 1. The highest BCUT2D eigenvalue weighted by Crippen LogP contribution is 2.63. The third kappa shape index (κ3) is 2.58. The Morgan fingerprint density at radius 3 is 2.36 bits per heavy atom. The molecule has 0 amide bonds. The summed E-state index contributed by atoms with van der Waals surface area (Å²) in [7, 11) is 0. The van der Waals surface area contributed by atoms with Gasteiger partial charge in [-0.1, -0.05) is 63.6 Å². The largest absolute Gasteiger partial charge is 0.511 e. The van der Waals surface area contributed by atoms with Crippen LogP contribution in [-0.2, 0) is 11.2 Å². The molecule has 4 rings (SSSR count). The first kappa shape index (κ1) is 19.3. The van der Waals surface area contributed by atoms with Crippen LogP contribution in [0, 0.1) is 16.7 Å². The fraction of sp³-hybridized carbons (Fsp3) is 0.400. The summed E-state index contributed by atoms with van der Waals surface area (Å²) in [5.41, 5.74) is 3.93. The number of hydrogen-bond donors (Lipinski definition) is 1. The van der Waals surface area contributed by atoms with E-state index in [1.54, 1.807) is 0 Å². The number of ketones is 1. The second-order valence-corrected chi connectivity index (χ2v) is 9.40. The van der Waals surface area contributed by atoms with E-state index in [0.717, 1.165) is 41.5 Å². The summed E-state index contributed by atoms with van der Waals surface area (Å²) < 4.78 is 0. The summed E-state index contributed by atoms with van der Waals surface area (Å²) in [4.78, 5) is 13.7. The van der Waals surface area contributed by atoms with Gasteiger partial charge in [-0.3, -0.25) is 4.79 Å². The molecule has 0 spiro atoms. The number of allylic oxidation sites excluding steroid dienone is 2. The van der Waals surface area contributed by atoms with E-state index in [1.165, 1.54) is 0 Å². The van der Waals surface area contributed by atoms with Gasteiger partial charge in [0.25, 0.3) is 0 Å². The van der Waals surface area contributed by atoms with Crippen molar-refractivity contribution in [2.24, 2.45) is 16.7 Å². The lowest BCUT2D eigenvalue weighted by atomic mass is 9.57. The van der Waals surface area contributed by atoms with E-state index in [-0.39, 0.29) is 22.9 Å². The predicted molar refractivity (Wildman–Crippen MR) is 115 cm³/mol. The van der Waals surface area contributed by atoms with Crippen LogP contribution < -0.4 is 0 Å². The Morgan fingerprint density at radius 1 is 1.07 bits per heavy atom. The highest BCUT2D eigenvalue weighted by Gasteiger charge is 2.61. The molecule has 28 heavy (non-hydrogen) atoms. The Morgan fingerprint density at radius 2 is 1.71 bits per heavy atom. The number of hydrogen-bond acceptors (Lipinski definition) is 2. The lowest BCUT2D eigenvalue weighted by Gasteiger charge is -2.45. The van der Waals surface area contributed by atoms with Crippen LogP contribution in [0.1, 0.15) is 51.7 Å². The van der Waals surface area contributed by atoms with E-state index in [0.29, 0.717) is 10.6 Å². The monoisotopic (exact) mass is 394 g/mol. The SMILES string of the molecule is CCc1ccc(-c2ccc(Cl)cc2)cc1C1=C(O)C2CCC(C)(C1=O)C2(C)C. The number of rotatable bonds is 3. The lowest BCUT2D eigenvalue weighted by Crippen LogP contribution is -2.45. The minimum Gasteiger partial charge on any atom is -0.511 e. The fourth-order valence-electron chi connectivity index (χ4n) is 5.15. The average molecular weight is 395 g/mol. The molecule has 1 fully saturated rings. The third-order valence-electron chi connectivity index (χ3n) is 7.48. The van der Waals surface area contributed by atoms with Gasteiger partial charge in [0.05, 0.1) is 5.57 Å². The molecule has 0 radical (unpaired) electrons. The summed E-state index contributed by atoms with van der Waals surface area (Å²) in [5.74, 6) is 0.411. The summed E-state index contributed by atoms with van der Waals surface area (Å²) in [6.07, 6.45) is 2.50. The average Bonchev–Trinajstić information content (AvgIpc) is 2.85. The van der Waals surface area contributed by atoms with Gasteiger partial charge in [-0.25, -0.2) is 0 Å². The molecule has 2 aliphatic rings. The number of aliphatic hydroxyl groups excluding tert-OH is 1. The van der Waals surface area contributed by atoms with Gasteiger partial charge in [0.1, 0.15) is 5.76 Å². The molecule has 0 aromatic heterocycles. The Kier molecular flexibility index (Phi) is 4.46. The molecule has 0 heterocycles. The second-order valence-electron chi connectivity index (χ2n) is 8.97. The van der Waals surface area contributed by atoms with Crippen LogP contribution in [0.5, 0.6) is 0 Å². The standard InChI is InChI=1S/C25H27ClO2/c1-5-15-6-7-17(16-8-10-18(26)11-9-16)14-19(15)21-22(27)20-12-13-25(4,23(21)28)24(20,2)3/h6-11,14,20,27H,5,12-13H2,1-4H3. The molecular weight excluding hydrogens is 368 g/mol. The molecule has 0 aliphatic heterocycles. The van der Waals surface area contributed by atoms with Crippen LogP contribution in [0.25, 0.3) is 16.7 Å². The van der Waals surface area contributed by atoms with E-state index in [1.807, 2.05) is 24.3 Å². The van der Waals surface area contributed by atoms with Gasteiger partial charge in [-0.2, -0.15) is 0 Å². The first-order chi connectivity index (χ1) is 13.2. The van der Waals surface area contributed by atoms with Crippen LogP contribution in [0.2, 0.25) is 5.02 Å². The topological polar surface area (TPSA) is 37.3 Å². The number of carbonyl (C=O) groups excluding carboxylic acids is 1. The first-order valence-corrected chi connectivity index (χ1v) is 10.5. The molecule has 1 N–H and O–H groups in total. The second kappa shape index (κ2) is 6.49. The van der Waals surface area contributed by atoms with E-state index in [4.69, 9.17) is 11.6 Å².